The maximum Gasteiger partial charge on any atom is 0.209 e. The first-order valence-electron chi connectivity index (χ1n) is 18.5. The quantitative estimate of drug-likeness (QED) is 0.187. The first kappa shape index (κ1) is 31.5. The topological polar surface area (TPSA) is 46.4 Å². The van der Waals surface area contributed by atoms with Crippen molar-refractivity contribution in [3.8, 4) is 0 Å². The average Bonchev–Trinajstić information content (AvgIpc) is 3.84. The SMILES string of the molecule is CC1(C)C(/C=C2/C(=O)C(CC3N(CCCC4CCCC4)c4ccccc4C3(C)C)=C2[O-])=[N+](CCCC2CCCC2)c2ccccc21. The van der Waals surface area contributed by atoms with E-state index in [4.69, 9.17) is 0 Å². The molecule has 2 saturated carbocycles. The van der Waals surface area contributed by atoms with Crippen molar-refractivity contribution in [1.29, 1.82) is 0 Å². The van der Waals surface area contributed by atoms with E-state index in [0.717, 1.165) is 37.1 Å². The lowest BCUT2D eigenvalue weighted by atomic mass is 9.73. The number of benzene rings is 2. The molecule has 0 aromatic heterocycles. The number of hydrogen-bond donors (Lipinski definition) is 0. The van der Waals surface area contributed by atoms with Gasteiger partial charge in [-0.3, -0.25) is 4.79 Å². The molecule has 7 rings (SSSR count). The molecule has 0 bridgehead atoms. The minimum Gasteiger partial charge on any atom is -0.872 e. The fourth-order valence-electron chi connectivity index (χ4n) is 9.79. The van der Waals surface area contributed by atoms with Crippen molar-refractivity contribution in [1.82, 2.24) is 0 Å². The van der Waals surface area contributed by atoms with Gasteiger partial charge < -0.3 is 10.0 Å². The van der Waals surface area contributed by atoms with E-state index in [1.54, 1.807) is 0 Å². The smallest absolute Gasteiger partial charge is 0.209 e. The molecule has 244 valence electrons. The number of nitrogens with zero attached hydrogens (tertiary/aromatic N) is 2. The highest BCUT2D eigenvalue weighted by Crippen LogP contribution is 2.49. The molecule has 2 aromatic carbocycles. The third-order valence-electron chi connectivity index (χ3n) is 12.6. The van der Waals surface area contributed by atoms with Gasteiger partial charge >= 0.3 is 0 Å². The highest BCUT2D eigenvalue weighted by molar-refractivity contribution is 6.22. The Morgan fingerprint density at radius 1 is 0.848 bits per heavy atom. The van der Waals surface area contributed by atoms with E-state index in [0.29, 0.717) is 17.6 Å². The molecule has 4 heteroatoms. The van der Waals surface area contributed by atoms with Crippen LogP contribution in [0.5, 0.6) is 0 Å². The van der Waals surface area contributed by atoms with Crippen molar-refractivity contribution >= 4 is 22.9 Å². The zero-order chi connectivity index (χ0) is 32.1. The van der Waals surface area contributed by atoms with Gasteiger partial charge in [0.05, 0.1) is 5.41 Å². The summed E-state index contributed by atoms with van der Waals surface area (Å²) in [5.41, 5.74) is 6.71. The van der Waals surface area contributed by atoms with Crippen molar-refractivity contribution in [2.24, 2.45) is 11.8 Å². The molecular formula is C42H54N2O2. The zero-order valence-electron chi connectivity index (χ0n) is 28.7. The normalized spacial score (nSPS) is 24.8. The van der Waals surface area contributed by atoms with Gasteiger partial charge in [-0.05, 0) is 68.6 Å². The van der Waals surface area contributed by atoms with Gasteiger partial charge in [0.25, 0.3) is 0 Å². The van der Waals surface area contributed by atoms with Gasteiger partial charge in [0.1, 0.15) is 6.54 Å². The van der Waals surface area contributed by atoms with E-state index < -0.39 is 0 Å². The van der Waals surface area contributed by atoms with E-state index >= 15 is 0 Å². The molecule has 0 spiro atoms. The molecule has 3 aliphatic carbocycles. The summed E-state index contributed by atoms with van der Waals surface area (Å²) in [6.07, 6.45) is 18.3. The molecule has 5 aliphatic rings. The Kier molecular flexibility index (Phi) is 8.53. The van der Waals surface area contributed by atoms with Crippen LogP contribution in [0.25, 0.3) is 0 Å². The van der Waals surface area contributed by atoms with Crippen molar-refractivity contribution in [2.75, 3.05) is 18.0 Å². The number of para-hydroxylation sites is 2. The average molecular weight is 619 g/mol. The second kappa shape index (κ2) is 12.5. The van der Waals surface area contributed by atoms with Gasteiger partial charge in [-0.2, -0.15) is 4.58 Å². The Bertz CT molecular complexity index is 1580. The number of carbonyl (C=O) groups excluding carboxylic acids is 1. The van der Waals surface area contributed by atoms with Crippen LogP contribution < -0.4 is 10.0 Å². The van der Waals surface area contributed by atoms with E-state index in [1.807, 2.05) is 6.08 Å². The molecule has 2 fully saturated rings. The number of carbonyl (C=O) groups is 1. The molecule has 46 heavy (non-hydrogen) atoms. The summed E-state index contributed by atoms with van der Waals surface area (Å²) in [6.45, 7) is 11.0. The monoisotopic (exact) mass is 618 g/mol. The summed E-state index contributed by atoms with van der Waals surface area (Å²) >= 11 is 0. The molecule has 0 N–H and O–H groups in total. The molecule has 4 nitrogen and oxygen atoms in total. The second-order valence-electron chi connectivity index (χ2n) is 16.1. The highest BCUT2D eigenvalue weighted by atomic mass is 16.3. The molecule has 1 unspecified atom stereocenters. The highest BCUT2D eigenvalue weighted by Gasteiger charge is 2.48. The number of fused-ring (bicyclic) bond motifs is 2. The predicted molar refractivity (Wildman–Crippen MR) is 187 cm³/mol. The third-order valence-corrected chi connectivity index (χ3v) is 12.6. The first-order valence-corrected chi connectivity index (χ1v) is 18.5. The summed E-state index contributed by atoms with van der Waals surface area (Å²) in [5, 5.41) is 13.9. The van der Waals surface area contributed by atoms with Crippen LogP contribution in [0, 0.1) is 11.8 Å². The van der Waals surface area contributed by atoms with Crippen molar-refractivity contribution in [3.05, 3.63) is 82.6 Å². The molecule has 1 atom stereocenters. The van der Waals surface area contributed by atoms with Crippen LogP contribution >= 0.6 is 0 Å². The van der Waals surface area contributed by atoms with Crippen LogP contribution in [-0.2, 0) is 15.6 Å². The zero-order valence-corrected chi connectivity index (χ0v) is 28.7. The molecule has 2 heterocycles. The van der Waals surface area contributed by atoms with Crippen LogP contribution in [0.3, 0.4) is 0 Å². The maximum atomic E-state index is 13.9. The molecule has 2 aliphatic heterocycles. The molecule has 0 radical (unpaired) electrons. The summed E-state index contributed by atoms with van der Waals surface area (Å²) in [7, 11) is 0. The standard InChI is InChI=1S/C42H54N2O2/c1-41(2)33-21-9-11-23-35(33)43(25-13-19-29-15-5-6-16-29)37(41)27-31-39(45)32(40(31)46)28-38-42(3,4)34-22-10-12-24-36(34)44(38)26-14-20-30-17-7-8-18-30/h9-12,21-24,27,29-30,38H,5-8,13-20,25-26,28H2,1-4H3. The third kappa shape index (κ3) is 5.48. The number of anilines is 1. The van der Waals surface area contributed by atoms with Crippen LogP contribution in [0.4, 0.5) is 11.4 Å². The van der Waals surface area contributed by atoms with Crippen molar-refractivity contribution < 1.29 is 14.5 Å². The van der Waals surface area contributed by atoms with Crippen LogP contribution in [-0.4, -0.2) is 35.2 Å². The number of allylic oxidation sites excluding steroid dienone is 2. The fraction of sp³-hybridized carbons (Fsp3) is 0.571. The maximum absolute atomic E-state index is 13.9. The summed E-state index contributed by atoms with van der Waals surface area (Å²) in [5.74, 6) is 1.65. The molecule has 0 saturated heterocycles. The van der Waals surface area contributed by atoms with E-state index in [1.165, 1.54) is 93.1 Å². The predicted octanol–water partition coefficient (Wildman–Crippen LogP) is 8.68. The lowest BCUT2D eigenvalue weighted by Crippen LogP contribution is -2.45. The summed E-state index contributed by atoms with van der Waals surface area (Å²) in [6, 6.07) is 17.5. The molecule has 0 amide bonds. The van der Waals surface area contributed by atoms with Gasteiger partial charge in [-0.25, -0.2) is 0 Å². The number of hydrogen-bond acceptors (Lipinski definition) is 3. The number of rotatable bonds is 11. The second-order valence-corrected chi connectivity index (χ2v) is 16.1. The Morgan fingerprint density at radius 2 is 1.46 bits per heavy atom. The van der Waals surface area contributed by atoms with E-state index in [9.17, 15) is 9.90 Å². The Hall–Kier alpha value is -3.14. The van der Waals surface area contributed by atoms with Crippen LogP contribution in [0.15, 0.2) is 71.5 Å². The summed E-state index contributed by atoms with van der Waals surface area (Å²) < 4.78 is 2.42. The Morgan fingerprint density at radius 3 is 2.13 bits per heavy atom. The molecule has 2 aromatic rings. The van der Waals surface area contributed by atoms with Crippen LogP contribution in [0.2, 0.25) is 0 Å². The number of ketones is 1. The van der Waals surface area contributed by atoms with Gasteiger partial charge in [-0.15, -0.1) is 0 Å². The molecular weight excluding hydrogens is 564 g/mol. The van der Waals surface area contributed by atoms with Crippen molar-refractivity contribution in [2.45, 2.75) is 128 Å². The van der Waals surface area contributed by atoms with Gasteiger partial charge in [-0.1, -0.05) is 107 Å². The van der Waals surface area contributed by atoms with Gasteiger partial charge in [0, 0.05) is 53.4 Å². The minimum absolute atomic E-state index is 0.0344. The largest absolute Gasteiger partial charge is 0.872 e. The Balaban J connectivity index is 1.15. The lowest BCUT2D eigenvalue weighted by Gasteiger charge is -2.39. The fourth-order valence-corrected chi connectivity index (χ4v) is 9.79. The van der Waals surface area contributed by atoms with Gasteiger partial charge in [0.15, 0.2) is 11.5 Å². The summed E-state index contributed by atoms with van der Waals surface area (Å²) in [4.78, 5) is 16.5. The Labute approximate surface area is 277 Å². The number of Topliss-reactive ketones (excluding diaryl/α,β-unsaturated/α-hetero) is 1. The van der Waals surface area contributed by atoms with Gasteiger partial charge in [0.2, 0.25) is 5.69 Å². The minimum atomic E-state index is -0.265. The lowest BCUT2D eigenvalue weighted by molar-refractivity contribution is -0.438. The van der Waals surface area contributed by atoms with E-state index in [2.05, 4.69) is 85.7 Å². The van der Waals surface area contributed by atoms with Crippen LogP contribution in [0.1, 0.15) is 122 Å². The van der Waals surface area contributed by atoms with E-state index in [-0.39, 0.29) is 28.4 Å². The first-order chi connectivity index (χ1) is 22.2. The van der Waals surface area contributed by atoms with Crippen molar-refractivity contribution in [3.63, 3.8) is 0 Å².